The normalized spacial score (nSPS) is 16.2. The smallest absolute Gasteiger partial charge is 0.0808 e. The van der Waals surface area contributed by atoms with Crippen LogP contribution in [0.1, 0.15) is 46.6 Å². The highest BCUT2D eigenvalue weighted by molar-refractivity contribution is 7.89. The van der Waals surface area contributed by atoms with Crippen molar-refractivity contribution in [2.45, 2.75) is 52.9 Å². The summed E-state index contributed by atoms with van der Waals surface area (Å²) >= 11 is 0. The Balaban J connectivity index is 3.11. The Labute approximate surface area is 120 Å². The fourth-order valence-electron chi connectivity index (χ4n) is 1.84. The summed E-state index contributed by atoms with van der Waals surface area (Å²) in [6.07, 6.45) is 3.05. The van der Waals surface area contributed by atoms with Gasteiger partial charge in [0.15, 0.2) is 0 Å². The van der Waals surface area contributed by atoms with Crippen LogP contribution < -0.4 is 0 Å². The number of allylic oxidation sites excluding steroid dienone is 2. The molecule has 106 valence electrons. The Morgan fingerprint density at radius 1 is 1.26 bits per heavy atom. The first-order chi connectivity index (χ1) is 8.77. The maximum Gasteiger partial charge on any atom is 0.0808 e. The lowest BCUT2D eigenvalue weighted by molar-refractivity contribution is 0.309. The third-order valence-corrected chi connectivity index (χ3v) is 5.23. The summed E-state index contributed by atoms with van der Waals surface area (Å²) in [5, 5.41) is 0. The molecule has 2 heteroatoms. The SMILES string of the molecule is CC/C=C(\[C@@H](C)C(C)(C)C)S(=O)c1ccc(C)cc1. The highest BCUT2D eigenvalue weighted by Crippen LogP contribution is 2.35. The largest absolute Gasteiger partial charge is 0.249 e. The zero-order valence-corrected chi connectivity index (χ0v) is 13.8. The van der Waals surface area contributed by atoms with Crippen LogP contribution in [-0.4, -0.2) is 4.21 Å². The second-order valence-electron chi connectivity index (χ2n) is 6.18. The van der Waals surface area contributed by atoms with Crippen molar-refractivity contribution in [1.82, 2.24) is 0 Å². The molecule has 0 aliphatic carbocycles. The monoisotopic (exact) mass is 278 g/mol. The third-order valence-electron chi connectivity index (χ3n) is 3.58. The van der Waals surface area contributed by atoms with Crippen LogP contribution in [0.4, 0.5) is 0 Å². The van der Waals surface area contributed by atoms with Crippen molar-refractivity contribution in [3.05, 3.63) is 40.8 Å². The molecule has 0 aliphatic rings. The first-order valence-corrected chi connectivity index (χ1v) is 8.10. The molecule has 0 radical (unpaired) electrons. The molecule has 2 atom stereocenters. The van der Waals surface area contributed by atoms with Gasteiger partial charge in [-0.25, -0.2) is 4.21 Å². The van der Waals surface area contributed by atoms with Gasteiger partial charge in [0, 0.05) is 9.80 Å². The predicted molar refractivity (Wildman–Crippen MR) is 84.6 cm³/mol. The molecule has 0 heterocycles. The van der Waals surface area contributed by atoms with E-state index in [9.17, 15) is 4.21 Å². The lowest BCUT2D eigenvalue weighted by Crippen LogP contribution is -2.21. The Hall–Kier alpha value is -0.890. The van der Waals surface area contributed by atoms with E-state index in [0.29, 0.717) is 5.92 Å². The second kappa shape index (κ2) is 6.51. The Kier molecular flexibility index (Phi) is 5.54. The number of rotatable bonds is 4. The van der Waals surface area contributed by atoms with E-state index in [0.717, 1.165) is 16.2 Å². The van der Waals surface area contributed by atoms with Gasteiger partial charge in [0.2, 0.25) is 0 Å². The van der Waals surface area contributed by atoms with E-state index >= 15 is 0 Å². The molecule has 0 spiro atoms. The van der Waals surface area contributed by atoms with Crippen molar-refractivity contribution in [3.8, 4) is 0 Å². The quantitative estimate of drug-likeness (QED) is 0.750. The van der Waals surface area contributed by atoms with Gasteiger partial charge >= 0.3 is 0 Å². The zero-order valence-electron chi connectivity index (χ0n) is 13.0. The molecule has 0 saturated heterocycles. The number of hydrogen-bond donors (Lipinski definition) is 0. The maximum atomic E-state index is 12.8. The van der Waals surface area contributed by atoms with Gasteiger partial charge in [-0.3, -0.25) is 0 Å². The molecule has 0 bridgehead atoms. The summed E-state index contributed by atoms with van der Waals surface area (Å²) in [5.41, 5.74) is 1.33. The highest BCUT2D eigenvalue weighted by atomic mass is 32.2. The summed E-state index contributed by atoms with van der Waals surface area (Å²) in [6, 6.07) is 8.01. The summed E-state index contributed by atoms with van der Waals surface area (Å²) in [7, 11) is -1.04. The molecule has 1 nitrogen and oxygen atoms in total. The van der Waals surface area contributed by atoms with Gasteiger partial charge in [-0.1, -0.05) is 58.4 Å². The van der Waals surface area contributed by atoms with Crippen LogP contribution in [0.3, 0.4) is 0 Å². The topological polar surface area (TPSA) is 17.1 Å². The Morgan fingerprint density at radius 3 is 2.21 bits per heavy atom. The summed E-state index contributed by atoms with van der Waals surface area (Å²) in [4.78, 5) is 1.96. The average molecular weight is 278 g/mol. The molecule has 1 unspecified atom stereocenters. The van der Waals surface area contributed by atoms with Crippen LogP contribution in [0.25, 0.3) is 0 Å². The van der Waals surface area contributed by atoms with E-state index < -0.39 is 10.8 Å². The molecule has 0 amide bonds. The number of benzene rings is 1. The van der Waals surface area contributed by atoms with Gasteiger partial charge in [-0.15, -0.1) is 0 Å². The van der Waals surface area contributed by atoms with Crippen molar-refractivity contribution in [1.29, 1.82) is 0 Å². The van der Waals surface area contributed by atoms with Crippen molar-refractivity contribution in [2.75, 3.05) is 0 Å². The van der Waals surface area contributed by atoms with Gasteiger partial charge < -0.3 is 0 Å². The van der Waals surface area contributed by atoms with Gasteiger partial charge in [0.25, 0.3) is 0 Å². The Morgan fingerprint density at radius 2 is 1.79 bits per heavy atom. The van der Waals surface area contributed by atoms with Crippen molar-refractivity contribution in [3.63, 3.8) is 0 Å². The highest BCUT2D eigenvalue weighted by Gasteiger charge is 2.27. The molecule has 0 aromatic heterocycles. The molecule has 1 aromatic carbocycles. The molecule has 1 aromatic rings. The van der Waals surface area contributed by atoms with Crippen LogP contribution >= 0.6 is 0 Å². The van der Waals surface area contributed by atoms with Crippen LogP contribution in [0.2, 0.25) is 0 Å². The molecule has 0 aliphatic heterocycles. The van der Waals surface area contributed by atoms with Crippen LogP contribution in [0, 0.1) is 18.3 Å². The van der Waals surface area contributed by atoms with E-state index in [4.69, 9.17) is 0 Å². The summed E-state index contributed by atoms with van der Waals surface area (Å²) in [6.45, 7) is 12.9. The second-order valence-corrected chi connectivity index (χ2v) is 7.66. The van der Waals surface area contributed by atoms with Gasteiger partial charge in [0.1, 0.15) is 0 Å². The van der Waals surface area contributed by atoms with Crippen LogP contribution in [0.15, 0.2) is 40.1 Å². The minimum Gasteiger partial charge on any atom is -0.249 e. The van der Waals surface area contributed by atoms with Crippen LogP contribution in [-0.2, 0) is 10.8 Å². The van der Waals surface area contributed by atoms with Gasteiger partial charge in [-0.2, -0.15) is 0 Å². The van der Waals surface area contributed by atoms with E-state index in [1.807, 2.05) is 31.2 Å². The first-order valence-electron chi connectivity index (χ1n) is 6.96. The van der Waals surface area contributed by atoms with Crippen molar-refractivity contribution >= 4 is 10.8 Å². The molecule has 19 heavy (non-hydrogen) atoms. The fourth-order valence-corrected chi connectivity index (χ4v) is 3.49. The van der Waals surface area contributed by atoms with Gasteiger partial charge in [0.05, 0.1) is 10.8 Å². The lowest BCUT2D eigenvalue weighted by atomic mass is 9.81. The van der Waals surface area contributed by atoms with Gasteiger partial charge in [-0.05, 0) is 36.8 Å². The predicted octanol–water partition coefficient (Wildman–Crippen LogP) is 5.08. The van der Waals surface area contributed by atoms with E-state index in [1.54, 1.807) is 0 Å². The molecular formula is C17H26OS. The minimum atomic E-state index is -1.04. The van der Waals surface area contributed by atoms with E-state index in [-0.39, 0.29) is 5.41 Å². The van der Waals surface area contributed by atoms with E-state index in [2.05, 4.69) is 40.7 Å². The minimum absolute atomic E-state index is 0.126. The average Bonchev–Trinajstić information content (AvgIpc) is 2.34. The lowest BCUT2D eigenvalue weighted by Gasteiger charge is -2.29. The Bertz CT molecular complexity index is 463. The summed E-state index contributed by atoms with van der Waals surface area (Å²) < 4.78 is 12.8. The molecule has 0 N–H and O–H groups in total. The fraction of sp³-hybridized carbons (Fsp3) is 0.529. The maximum absolute atomic E-state index is 12.8. The molecule has 1 rings (SSSR count). The number of hydrogen-bond acceptors (Lipinski definition) is 1. The third kappa shape index (κ3) is 4.31. The molecule has 0 fully saturated rings. The summed E-state index contributed by atoms with van der Waals surface area (Å²) in [5.74, 6) is 0.301. The van der Waals surface area contributed by atoms with Crippen molar-refractivity contribution in [2.24, 2.45) is 11.3 Å². The standard InChI is InChI=1S/C17H26OS/c1-7-8-16(14(3)17(4,5)6)19(18)15-11-9-13(2)10-12-15/h8-12,14H,7H2,1-6H3/b16-8+/t14-,19?/m1/s1. The molecule has 0 saturated carbocycles. The first kappa shape index (κ1) is 16.2. The van der Waals surface area contributed by atoms with Crippen LogP contribution in [0.5, 0.6) is 0 Å². The molecular weight excluding hydrogens is 252 g/mol. The van der Waals surface area contributed by atoms with E-state index in [1.165, 1.54) is 5.56 Å². The zero-order chi connectivity index (χ0) is 14.6. The number of aryl methyl sites for hydroxylation is 1. The van der Waals surface area contributed by atoms with Crippen molar-refractivity contribution < 1.29 is 4.21 Å².